The van der Waals surface area contributed by atoms with Gasteiger partial charge in [0.2, 0.25) is 0 Å². The number of aldehydes is 1. The minimum Gasteiger partial charge on any atom is -0.465 e. The number of ether oxygens (including phenoxy) is 1. The molecule has 0 amide bonds. The first-order valence-electron chi connectivity index (χ1n) is 4.69. The molecule has 0 bridgehead atoms. The Morgan fingerprint density at radius 1 is 1.59 bits per heavy atom. The Hall–Kier alpha value is -1.25. The van der Waals surface area contributed by atoms with E-state index >= 15 is 0 Å². The van der Waals surface area contributed by atoms with Crippen molar-refractivity contribution >= 4 is 33.6 Å². The van der Waals surface area contributed by atoms with Crippen molar-refractivity contribution in [3.05, 3.63) is 17.0 Å². The number of carbonyl (C=O) groups excluding carboxylic acids is 2. The summed E-state index contributed by atoms with van der Waals surface area (Å²) in [5, 5.41) is 1.49. The highest BCUT2D eigenvalue weighted by Crippen LogP contribution is 2.20. The summed E-state index contributed by atoms with van der Waals surface area (Å²) in [5.74, 6) is -0.666. The predicted octanol–water partition coefficient (Wildman–Crippen LogP) is 0.402. The monoisotopic (exact) mass is 277 g/mol. The summed E-state index contributed by atoms with van der Waals surface area (Å²) in [4.78, 5) is 21.6. The van der Waals surface area contributed by atoms with E-state index in [0.717, 1.165) is 11.3 Å². The number of carbonyl (C=O) groups is 2. The van der Waals surface area contributed by atoms with Gasteiger partial charge in [0, 0.05) is 5.56 Å². The zero-order valence-corrected chi connectivity index (χ0v) is 10.6. The second kappa shape index (κ2) is 5.89. The maximum atomic E-state index is 11.7. The van der Waals surface area contributed by atoms with Crippen molar-refractivity contribution in [2.75, 3.05) is 13.2 Å². The lowest BCUT2D eigenvalue weighted by atomic mass is 10.4. The molecule has 0 aromatic carbocycles. The van der Waals surface area contributed by atoms with Crippen molar-refractivity contribution < 1.29 is 22.7 Å². The zero-order valence-electron chi connectivity index (χ0n) is 9.00. The van der Waals surface area contributed by atoms with Crippen LogP contribution in [0.2, 0.25) is 0 Å². The van der Waals surface area contributed by atoms with Crippen LogP contribution in [0, 0.1) is 0 Å². The van der Waals surface area contributed by atoms with E-state index in [4.69, 9.17) is 0 Å². The molecule has 8 heteroatoms. The van der Waals surface area contributed by atoms with Gasteiger partial charge in [-0.15, -0.1) is 11.3 Å². The second-order valence-corrected chi connectivity index (χ2v) is 5.79. The summed E-state index contributed by atoms with van der Waals surface area (Å²) in [5.41, 5.74) is 0.0753. The topological polar surface area (TPSA) is 89.5 Å². The third-order valence-electron chi connectivity index (χ3n) is 1.74. The Labute approximate surface area is 103 Å². The molecule has 0 atom stereocenters. The molecule has 1 N–H and O–H groups in total. The first-order chi connectivity index (χ1) is 8.01. The van der Waals surface area contributed by atoms with Gasteiger partial charge in [-0.05, 0) is 18.4 Å². The highest BCUT2D eigenvalue weighted by molar-refractivity contribution is 7.91. The summed E-state index contributed by atoms with van der Waals surface area (Å²) in [6.07, 6.45) is 0.454. The van der Waals surface area contributed by atoms with E-state index in [0.29, 0.717) is 6.29 Å². The molecule has 1 aromatic heterocycles. The number of esters is 1. The van der Waals surface area contributed by atoms with Crippen LogP contribution in [-0.2, 0) is 19.6 Å². The number of sulfonamides is 1. The minimum atomic E-state index is -3.84. The Balaban J connectivity index is 2.76. The van der Waals surface area contributed by atoms with Crippen molar-refractivity contribution in [3.8, 4) is 0 Å². The lowest BCUT2D eigenvalue weighted by molar-refractivity contribution is -0.141. The molecule has 0 aliphatic rings. The molecule has 1 aromatic rings. The molecular formula is C9H11NO5S2. The van der Waals surface area contributed by atoms with Crippen LogP contribution in [0.25, 0.3) is 0 Å². The molecule has 0 unspecified atom stereocenters. The molecular weight excluding hydrogens is 266 g/mol. The molecule has 0 aliphatic heterocycles. The fraction of sp³-hybridized carbons (Fsp3) is 0.333. The molecule has 0 saturated heterocycles. The molecule has 0 aliphatic carbocycles. The summed E-state index contributed by atoms with van der Waals surface area (Å²) in [6, 6.07) is 1.40. The van der Waals surface area contributed by atoms with Crippen LogP contribution in [0.15, 0.2) is 15.7 Å². The van der Waals surface area contributed by atoms with Crippen LogP contribution in [-0.4, -0.2) is 33.8 Å². The number of thiophene rings is 1. The highest BCUT2D eigenvalue weighted by atomic mass is 32.2. The van der Waals surface area contributed by atoms with Gasteiger partial charge in [-0.3, -0.25) is 9.59 Å². The van der Waals surface area contributed by atoms with E-state index in [1.165, 1.54) is 11.4 Å². The van der Waals surface area contributed by atoms with Crippen LogP contribution in [0.3, 0.4) is 0 Å². The molecule has 0 fully saturated rings. The normalized spacial score (nSPS) is 11.1. The van der Waals surface area contributed by atoms with Gasteiger partial charge < -0.3 is 4.74 Å². The molecule has 0 radical (unpaired) electrons. The molecule has 1 heterocycles. The van der Waals surface area contributed by atoms with Crippen molar-refractivity contribution in [3.63, 3.8) is 0 Å². The van der Waals surface area contributed by atoms with E-state index in [1.54, 1.807) is 6.92 Å². The lowest BCUT2D eigenvalue weighted by Crippen LogP contribution is -2.30. The summed E-state index contributed by atoms with van der Waals surface area (Å²) < 4.78 is 30.0. The number of hydrogen-bond donors (Lipinski definition) is 1. The maximum absolute atomic E-state index is 11.7. The Morgan fingerprint density at radius 2 is 2.29 bits per heavy atom. The van der Waals surface area contributed by atoms with Gasteiger partial charge >= 0.3 is 5.97 Å². The first-order valence-corrected chi connectivity index (χ1v) is 7.05. The number of hydrogen-bond acceptors (Lipinski definition) is 6. The van der Waals surface area contributed by atoms with Crippen LogP contribution in [0.1, 0.15) is 17.3 Å². The fourth-order valence-electron chi connectivity index (χ4n) is 1.04. The average Bonchev–Trinajstić information content (AvgIpc) is 2.76. The quantitative estimate of drug-likeness (QED) is 0.600. The van der Waals surface area contributed by atoms with E-state index in [-0.39, 0.29) is 16.4 Å². The van der Waals surface area contributed by atoms with Gasteiger partial charge in [0.05, 0.1) is 6.61 Å². The third kappa shape index (κ3) is 3.62. The highest BCUT2D eigenvalue weighted by Gasteiger charge is 2.20. The van der Waals surface area contributed by atoms with Gasteiger partial charge in [0.25, 0.3) is 10.0 Å². The Morgan fingerprint density at radius 3 is 2.88 bits per heavy atom. The van der Waals surface area contributed by atoms with Crippen LogP contribution < -0.4 is 4.72 Å². The largest absolute Gasteiger partial charge is 0.465 e. The Kier molecular flexibility index (Phi) is 4.79. The van der Waals surface area contributed by atoms with Crippen LogP contribution in [0.5, 0.6) is 0 Å². The fourth-order valence-corrected chi connectivity index (χ4v) is 3.35. The molecule has 17 heavy (non-hydrogen) atoms. The third-order valence-corrected chi connectivity index (χ3v) is 4.66. The van der Waals surface area contributed by atoms with E-state index < -0.39 is 22.5 Å². The smallest absolute Gasteiger partial charge is 0.321 e. The van der Waals surface area contributed by atoms with Gasteiger partial charge in [-0.1, -0.05) is 0 Å². The van der Waals surface area contributed by atoms with E-state index in [2.05, 4.69) is 9.46 Å². The molecule has 0 saturated carbocycles. The number of rotatable bonds is 6. The summed E-state index contributed by atoms with van der Waals surface area (Å²) >= 11 is 0.912. The van der Waals surface area contributed by atoms with Gasteiger partial charge in [-0.25, -0.2) is 8.42 Å². The number of nitrogens with one attached hydrogen (secondary N) is 1. The second-order valence-electron chi connectivity index (χ2n) is 2.91. The van der Waals surface area contributed by atoms with Crippen LogP contribution in [0.4, 0.5) is 0 Å². The summed E-state index contributed by atoms with van der Waals surface area (Å²) in [7, 11) is -3.84. The molecule has 94 valence electrons. The molecule has 1 rings (SSSR count). The van der Waals surface area contributed by atoms with E-state index in [9.17, 15) is 18.0 Å². The van der Waals surface area contributed by atoms with Crippen molar-refractivity contribution in [2.45, 2.75) is 11.1 Å². The van der Waals surface area contributed by atoms with Gasteiger partial charge in [-0.2, -0.15) is 4.72 Å². The molecule has 0 spiro atoms. The molecule has 6 nitrogen and oxygen atoms in total. The minimum absolute atomic E-state index is 0.0753. The SMILES string of the molecule is CCOC(=O)CNS(=O)(=O)c1sccc1C=O. The summed E-state index contributed by atoms with van der Waals surface area (Å²) in [6.45, 7) is 1.35. The van der Waals surface area contributed by atoms with E-state index in [1.807, 2.05) is 0 Å². The van der Waals surface area contributed by atoms with Crippen molar-refractivity contribution in [2.24, 2.45) is 0 Å². The average molecular weight is 277 g/mol. The van der Waals surface area contributed by atoms with Crippen LogP contribution >= 0.6 is 11.3 Å². The van der Waals surface area contributed by atoms with Crippen molar-refractivity contribution in [1.82, 2.24) is 4.72 Å². The predicted molar refractivity (Wildman–Crippen MR) is 61.5 cm³/mol. The van der Waals surface area contributed by atoms with Crippen molar-refractivity contribution in [1.29, 1.82) is 0 Å². The standard InChI is InChI=1S/C9H11NO5S2/c1-2-15-8(12)5-10-17(13,14)9-7(6-11)3-4-16-9/h3-4,6,10H,2,5H2,1H3. The first kappa shape index (κ1) is 13.8. The maximum Gasteiger partial charge on any atom is 0.321 e. The Bertz CT molecular complexity index is 505. The van der Waals surface area contributed by atoms with Gasteiger partial charge in [0.15, 0.2) is 6.29 Å². The zero-order chi connectivity index (χ0) is 12.9. The van der Waals surface area contributed by atoms with Gasteiger partial charge in [0.1, 0.15) is 10.8 Å². The lowest BCUT2D eigenvalue weighted by Gasteiger charge is -2.05.